The van der Waals surface area contributed by atoms with Crippen LogP contribution in [0.25, 0.3) is 0 Å². The quantitative estimate of drug-likeness (QED) is 0.766. The third-order valence-corrected chi connectivity index (χ3v) is 3.81. The summed E-state index contributed by atoms with van der Waals surface area (Å²) in [6, 6.07) is 4.91. The van der Waals surface area contributed by atoms with Crippen LogP contribution in [-0.4, -0.2) is 35.3 Å². The molecular weight excluding hydrogens is 336 g/mol. The van der Waals surface area contributed by atoms with Crippen molar-refractivity contribution in [2.45, 2.75) is 19.7 Å². The molecule has 2 aromatic rings. The van der Waals surface area contributed by atoms with Crippen LogP contribution in [0.15, 0.2) is 18.2 Å². The van der Waals surface area contributed by atoms with Gasteiger partial charge in [0.2, 0.25) is 0 Å². The number of aromatic nitrogens is 2. The summed E-state index contributed by atoms with van der Waals surface area (Å²) in [7, 11) is 3.27. The molecule has 0 saturated heterocycles. The van der Waals surface area contributed by atoms with Crippen LogP contribution in [0.5, 0.6) is 11.5 Å². The van der Waals surface area contributed by atoms with E-state index in [2.05, 4.69) is 14.3 Å². The van der Waals surface area contributed by atoms with Crippen LogP contribution in [0.4, 0.5) is 8.78 Å². The maximum Gasteiger partial charge on any atom is 0.387 e. The SMILES string of the molecule is COc1ccc(CN(C)Cc2nnsc2Cl)cc1OC(F)F. The van der Waals surface area contributed by atoms with Crippen molar-refractivity contribution >= 4 is 23.1 Å². The number of halogens is 3. The number of ether oxygens (including phenoxy) is 2. The van der Waals surface area contributed by atoms with Gasteiger partial charge in [-0.15, -0.1) is 5.10 Å². The number of benzene rings is 1. The van der Waals surface area contributed by atoms with Gasteiger partial charge in [0.15, 0.2) is 11.5 Å². The second-order valence-corrected chi connectivity index (χ2v) is 5.89. The Hall–Kier alpha value is -1.51. The molecular formula is C13H14ClF2N3O2S. The Bertz CT molecular complexity index is 627. The van der Waals surface area contributed by atoms with Crippen molar-refractivity contribution in [2.75, 3.05) is 14.2 Å². The molecule has 0 aliphatic heterocycles. The van der Waals surface area contributed by atoms with Crippen molar-refractivity contribution in [3.8, 4) is 11.5 Å². The highest BCUT2D eigenvalue weighted by Gasteiger charge is 2.13. The van der Waals surface area contributed by atoms with Crippen LogP contribution in [0.3, 0.4) is 0 Å². The molecule has 1 aromatic heterocycles. The Morgan fingerprint density at radius 1 is 1.32 bits per heavy atom. The highest BCUT2D eigenvalue weighted by molar-refractivity contribution is 7.10. The summed E-state index contributed by atoms with van der Waals surface area (Å²) in [6.07, 6.45) is 0. The number of hydrogen-bond donors (Lipinski definition) is 0. The van der Waals surface area contributed by atoms with Crippen molar-refractivity contribution < 1.29 is 18.3 Å². The van der Waals surface area contributed by atoms with Crippen LogP contribution < -0.4 is 9.47 Å². The number of hydrogen-bond acceptors (Lipinski definition) is 6. The average Bonchev–Trinajstić information content (AvgIpc) is 2.84. The minimum atomic E-state index is -2.90. The van der Waals surface area contributed by atoms with Gasteiger partial charge >= 0.3 is 6.61 Å². The van der Waals surface area contributed by atoms with Crippen LogP contribution in [-0.2, 0) is 13.1 Å². The molecule has 0 aliphatic carbocycles. The van der Waals surface area contributed by atoms with Gasteiger partial charge in [-0.3, -0.25) is 4.90 Å². The molecule has 0 N–H and O–H groups in total. The topological polar surface area (TPSA) is 47.5 Å². The van der Waals surface area contributed by atoms with E-state index in [4.69, 9.17) is 16.3 Å². The third-order valence-electron chi connectivity index (χ3n) is 2.83. The number of rotatable bonds is 7. The molecule has 22 heavy (non-hydrogen) atoms. The van der Waals surface area contributed by atoms with Gasteiger partial charge in [0.05, 0.1) is 7.11 Å². The fraction of sp³-hybridized carbons (Fsp3) is 0.385. The van der Waals surface area contributed by atoms with Gasteiger partial charge in [0, 0.05) is 24.6 Å². The van der Waals surface area contributed by atoms with E-state index in [1.54, 1.807) is 12.1 Å². The molecule has 2 rings (SSSR count). The van der Waals surface area contributed by atoms with Crippen molar-refractivity contribution in [3.63, 3.8) is 0 Å². The molecule has 0 atom stereocenters. The third kappa shape index (κ3) is 4.49. The van der Waals surface area contributed by atoms with Crippen LogP contribution in [0.2, 0.25) is 4.34 Å². The predicted molar refractivity (Wildman–Crippen MR) is 79.7 cm³/mol. The first-order chi connectivity index (χ1) is 10.5. The summed E-state index contributed by atoms with van der Waals surface area (Å²) in [5, 5.41) is 3.93. The van der Waals surface area contributed by atoms with Crippen LogP contribution in [0, 0.1) is 0 Å². The Kier molecular flexibility index (Phi) is 5.87. The standard InChI is InChI=1S/C13H14ClF2N3O2S/c1-19(7-9-12(14)22-18-17-9)6-8-3-4-10(20-2)11(5-8)21-13(15)16/h3-5,13H,6-7H2,1-2H3. The maximum atomic E-state index is 12.4. The second kappa shape index (κ2) is 7.66. The van der Waals surface area contributed by atoms with E-state index < -0.39 is 6.61 Å². The molecule has 0 spiro atoms. The van der Waals surface area contributed by atoms with Gasteiger partial charge in [0.1, 0.15) is 10.0 Å². The van der Waals surface area contributed by atoms with Crippen molar-refractivity contribution in [1.29, 1.82) is 0 Å². The predicted octanol–water partition coefficient (Wildman–Crippen LogP) is 3.43. The fourth-order valence-electron chi connectivity index (χ4n) is 1.92. The zero-order chi connectivity index (χ0) is 16.1. The Morgan fingerprint density at radius 3 is 2.68 bits per heavy atom. The van der Waals surface area contributed by atoms with E-state index in [9.17, 15) is 8.78 Å². The average molecular weight is 350 g/mol. The van der Waals surface area contributed by atoms with E-state index in [0.717, 1.165) is 17.1 Å². The molecule has 9 heteroatoms. The van der Waals surface area contributed by atoms with E-state index in [-0.39, 0.29) is 11.5 Å². The second-order valence-electron chi connectivity index (χ2n) is 4.53. The monoisotopic (exact) mass is 349 g/mol. The lowest BCUT2D eigenvalue weighted by molar-refractivity contribution is -0.0512. The first kappa shape index (κ1) is 16.9. The van der Waals surface area contributed by atoms with Gasteiger partial charge in [-0.1, -0.05) is 22.2 Å². The fourth-order valence-corrected chi connectivity index (χ4v) is 2.53. The Balaban J connectivity index is 2.07. The van der Waals surface area contributed by atoms with E-state index in [0.29, 0.717) is 23.1 Å². The number of nitrogens with zero attached hydrogens (tertiary/aromatic N) is 3. The molecule has 1 heterocycles. The van der Waals surface area contributed by atoms with E-state index in [1.165, 1.54) is 13.2 Å². The molecule has 120 valence electrons. The lowest BCUT2D eigenvalue weighted by atomic mass is 10.2. The Labute approximate surface area is 135 Å². The van der Waals surface area contributed by atoms with Crippen molar-refractivity contribution in [1.82, 2.24) is 14.5 Å². The highest BCUT2D eigenvalue weighted by Crippen LogP contribution is 2.30. The summed E-state index contributed by atoms with van der Waals surface area (Å²) in [5.74, 6) is 0.273. The summed E-state index contributed by atoms with van der Waals surface area (Å²) < 4.78 is 38.6. The number of alkyl halides is 2. The van der Waals surface area contributed by atoms with Gasteiger partial charge in [-0.05, 0) is 24.7 Å². The summed E-state index contributed by atoms with van der Waals surface area (Å²) in [5.41, 5.74) is 1.49. The molecule has 0 unspecified atom stereocenters. The van der Waals surface area contributed by atoms with E-state index >= 15 is 0 Å². The number of methoxy groups -OCH3 is 1. The molecule has 0 fully saturated rings. The molecule has 0 saturated carbocycles. The van der Waals surface area contributed by atoms with Crippen molar-refractivity contribution in [2.24, 2.45) is 0 Å². The molecule has 0 bridgehead atoms. The summed E-state index contributed by atoms with van der Waals surface area (Å²) >= 11 is 7.08. The largest absolute Gasteiger partial charge is 0.493 e. The maximum absolute atomic E-state index is 12.4. The minimum absolute atomic E-state index is 0.0109. The lowest BCUT2D eigenvalue weighted by Gasteiger charge is -2.17. The van der Waals surface area contributed by atoms with E-state index in [1.807, 2.05) is 11.9 Å². The molecule has 0 radical (unpaired) electrons. The highest BCUT2D eigenvalue weighted by atomic mass is 35.5. The summed E-state index contributed by atoms with van der Waals surface area (Å²) in [6.45, 7) is -1.88. The molecule has 1 aromatic carbocycles. The molecule has 0 amide bonds. The smallest absolute Gasteiger partial charge is 0.387 e. The minimum Gasteiger partial charge on any atom is -0.493 e. The van der Waals surface area contributed by atoms with Crippen LogP contribution >= 0.6 is 23.1 Å². The van der Waals surface area contributed by atoms with Gasteiger partial charge in [-0.2, -0.15) is 8.78 Å². The molecule has 5 nitrogen and oxygen atoms in total. The lowest BCUT2D eigenvalue weighted by Crippen LogP contribution is -2.18. The van der Waals surface area contributed by atoms with Gasteiger partial charge in [-0.25, -0.2) is 0 Å². The zero-order valence-electron chi connectivity index (χ0n) is 11.9. The van der Waals surface area contributed by atoms with Gasteiger partial charge in [0.25, 0.3) is 0 Å². The normalized spacial score (nSPS) is 11.2. The summed E-state index contributed by atoms with van der Waals surface area (Å²) in [4.78, 5) is 1.94. The van der Waals surface area contributed by atoms with Crippen molar-refractivity contribution in [3.05, 3.63) is 33.8 Å². The van der Waals surface area contributed by atoms with Gasteiger partial charge < -0.3 is 9.47 Å². The first-order valence-electron chi connectivity index (χ1n) is 6.26. The Morgan fingerprint density at radius 2 is 2.09 bits per heavy atom. The first-order valence-corrected chi connectivity index (χ1v) is 7.41. The molecule has 0 aliphatic rings. The zero-order valence-corrected chi connectivity index (χ0v) is 13.5. The van der Waals surface area contributed by atoms with Crippen LogP contribution in [0.1, 0.15) is 11.3 Å².